The zero-order chi connectivity index (χ0) is 13.2. The lowest BCUT2D eigenvalue weighted by Crippen LogP contribution is -2.52. The highest BCUT2D eigenvalue weighted by molar-refractivity contribution is 6.02. The topological polar surface area (TPSA) is 38.1 Å². The first-order chi connectivity index (χ1) is 8.62. The average molecular weight is 249 g/mol. The minimum Gasteiger partial charge on any atom is -0.297 e. The third-order valence-corrected chi connectivity index (χ3v) is 4.21. The van der Waals surface area contributed by atoms with Gasteiger partial charge in [-0.2, -0.15) is 5.10 Å². The second kappa shape index (κ2) is 5.22. The van der Waals surface area contributed by atoms with Crippen LogP contribution in [-0.4, -0.2) is 40.1 Å². The van der Waals surface area contributed by atoms with Gasteiger partial charge in [0.05, 0.1) is 5.54 Å². The lowest BCUT2D eigenvalue weighted by Gasteiger charge is -2.41. The molecule has 100 valence electrons. The summed E-state index contributed by atoms with van der Waals surface area (Å²) in [7, 11) is 4.05. The number of rotatable bonds is 4. The SMILES string of the molecule is CCn1nccc1C(=O)C1(N(C)C)CCCCC1. The van der Waals surface area contributed by atoms with Gasteiger partial charge in [0.1, 0.15) is 5.69 Å². The van der Waals surface area contributed by atoms with Crippen molar-refractivity contribution in [2.24, 2.45) is 0 Å². The fourth-order valence-corrected chi connectivity index (χ4v) is 3.03. The summed E-state index contributed by atoms with van der Waals surface area (Å²) < 4.78 is 1.81. The molecule has 1 heterocycles. The van der Waals surface area contributed by atoms with Crippen LogP contribution in [0.1, 0.15) is 49.5 Å². The molecule has 4 heteroatoms. The number of hydrogen-bond acceptors (Lipinski definition) is 3. The first-order valence-corrected chi connectivity index (χ1v) is 6.86. The van der Waals surface area contributed by atoms with Crippen LogP contribution in [0.2, 0.25) is 0 Å². The van der Waals surface area contributed by atoms with Crippen LogP contribution in [0.3, 0.4) is 0 Å². The number of Topliss-reactive ketones (excluding diaryl/α,β-unsaturated/α-hetero) is 1. The van der Waals surface area contributed by atoms with E-state index >= 15 is 0 Å². The second-order valence-corrected chi connectivity index (χ2v) is 5.35. The molecule has 0 radical (unpaired) electrons. The Hall–Kier alpha value is -1.16. The maximum atomic E-state index is 12.9. The third kappa shape index (κ3) is 2.09. The van der Waals surface area contributed by atoms with Gasteiger partial charge in [0, 0.05) is 12.7 Å². The molecule has 2 rings (SSSR count). The molecule has 1 aliphatic carbocycles. The summed E-state index contributed by atoms with van der Waals surface area (Å²) >= 11 is 0. The molecule has 1 saturated carbocycles. The number of likely N-dealkylation sites (N-methyl/N-ethyl adjacent to an activating group) is 1. The standard InChI is InChI=1S/C14H23N3O/c1-4-17-12(8-11-15-17)13(18)14(16(2)3)9-6-5-7-10-14/h8,11H,4-7,9-10H2,1-3H3. The second-order valence-electron chi connectivity index (χ2n) is 5.35. The van der Waals surface area contributed by atoms with Crippen molar-refractivity contribution in [1.82, 2.24) is 14.7 Å². The zero-order valence-corrected chi connectivity index (χ0v) is 11.6. The molecule has 18 heavy (non-hydrogen) atoms. The smallest absolute Gasteiger partial charge is 0.200 e. The summed E-state index contributed by atoms with van der Waals surface area (Å²) in [6, 6.07) is 1.85. The Labute approximate surface area is 109 Å². The summed E-state index contributed by atoms with van der Waals surface area (Å²) in [5.41, 5.74) is 0.443. The van der Waals surface area contributed by atoms with Gasteiger partial charge in [-0.1, -0.05) is 19.3 Å². The van der Waals surface area contributed by atoms with E-state index in [0.717, 1.165) is 37.9 Å². The number of hydrogen-bond donors (Lipinski definition) is 0. The van der Waals surface area contributed by atoms with Crippen LogP contribution in [0.4, 0.5) is 0 Å². The van der Waals surface area contributed by atoms with E-state index in [-0.39, 0.29) is 11.3 Å². The zero-order valence-electron chi connectivity index (χ0n) is 11.6. The fourth-order valence-electron chi connectivity index (χ4n) is 3.03. The van der Waals surface area contributed by atoms with Gasteiger partial charge in [0.2, 0.25) is 5.78 Å². The van der Waals surface area contributed by atoms with Crippen LogP contribution in [0.15, 0.2) is 12.3 Å². The van der Waals surface area contributed by atoms with Crippen molar-refractivity contribution in [2.75, 3.05) is 14.1 Å². The largest absolute Gasteiger partial charge is 0.297 e. The van der Waals surface area contributed by atoms with Crippen molar-refractivity contribution in [1.29, 1.82) is 0 Å². The van der Waals surface area contributed by atoms with Crippen molar-refractivity contribution >= 4 is 5.78 Å². The molecule has 1 fully saturated rings. The van der Waals surface area contributed by atoms with E-state index in [9.17, 15) is 4.79 Å². The van der Waals surface area contributed by atoms with Crippen molar-refractivity contribution in [2.45, 2.75) is 51.1 Å². The van der Waals surface area contributed by atoms with Gasteiger partial charge >= 0.3 is 0 Å². The van der Waals surface area contributed by atoms with E-state index in [1.165, 1.54) is 6.42 Å². The first-order valence-electron chi connectivity index (χ1n) is 6.86. The molecule has 0 saturated heterocycles. The normalized spacial score (nSPS) is 19.1. The number of carbonyl (C=O) groups excluding carboxylic acids is 1. The van der Waals surface area contributed by atoms with Gasteiger partial charge in [-0.25, -0.2) is 0 Å². The summed E-state index contributed by atoms with van der Waals surface area (Å²) in [6.07, 6.45) is 7.19. The van der Waals surface area contributed by atoms with Gasteiger partial charge < -0.3 is 0 Å². The summed E-state index contributed by atoms with van der Waals surface area (Å²) in [5.74, 6) is 0.242. The molecule has 1 aromatic rings. The fraction of sp³-hybridized carbons (Fsp3) is 0.714. The number of ketones is 1. The average Bonchev–Trinajstić information content (AvgIpc) is 2.86. The predicted octanol–water partition coefficient (Wildman–Crippen LogP) is 2.35. The molecule has 1 aromatic heterocycles. The van der Waals surface area contributed by atoms with Crippen molar-refractivity contribution in [3.63, 3.8) is 0 Å². The number of carbonyl (C=O) groups is 1. The van der Waals surface area contributed by atoms with E-state index in [1.54, 1.807) is 6.20 Å². The summed E-state index contributed by atoms with van der Waals surface area (Å²) in [5, 5.41) is 4.22. The van der Waals surface area contributed by atoms with E-state index < -0.39 is 0 Å². The monoisotopic (exact) mass is 249 g/mol. The van der Waals surface area contributed by atoms with Crippen LogP contribution in [0.5, 0.6) is 0 Å². The molecule has 0 atom stereocenters. The number of nitrogens with zero attached hydrogens (tertiary/aromatic N) is 3. The highest BCUT2D eigenvalue weighted by atomic mass is 16.1. The molecule has 0 N–H and O–H groups in total. The van der Waals surface area contributed by atoms with E-state index in [4.69, 9.17) is 0 Å². The molecule has 0 bridgehead atoms. The van der Waals surface area contributed by atoms with E-state index in [0.29, 0.717) is 0 Å². The van der Waals surface area contributed by atoms with Crippen LogP contribution < -0.4 is 0 Å². The highest BCUT2D eigenvalue weighted by Gasteiger charge is 2.42. The first kappa shape index (κ1) is 13.3. The third-order valence-electron chi connectivity index (χ3n) is 4.21. The molecule has 4 nitrogen and oxygen atoms in total. The van der Waals surface area contributed by atoms with Gasteiger partial charge in [0.25, 0.3) is 0 Å². The van der Waals surface area contributed by atoms with Crippen molar-refractivity contribution < 1.29 is 4.79 Å². The predicted molar refractivity (Wildman–Crippen MR) is 71.7 cm³/mol. The Bertz CT molecular complexity index is 416. The van der Waals surface area contributed by atoms with Gasteiger partial charge in [-0.15, -0.1) is 0 Å². The summed E-state index contributed by atoms with van der Waals surface area (Å²) in [6.45, 7) is 2.77. The Morgan fingerprint density at radius 3 is 2.61 bits per heavy atom. The van der Waals surface area contributed by atoms with Crippen LogP contribution in [0.25, 0.3) is 0 Å². The summed E-state index contributed by atoms with van der Waals surface area (Å²) in [4.78, 5) is 15.0. The molecular formula is C14H23N3O. The maximum absolute atomic E-state index is 12.9. The van der Waals surface area contributed by atoms with Gasteiger partial charge in [0.15, 0.2) is 0 Å². The molecule has 1 aliphatic rings. The Morgan fingerprint density at radius 1 is 1.39 bits per heavy atom. The van der Waals surface area contributed by atoms with E-state index in [1.807, 2.05) is 31.8 Å². The van der Waals surface area contributed by atoms with Crippen LogP contribution in [0, 0.1) is 0 Å². The van der Waals surface area contributed by atoms with Crippen LogP contribution in [-0.2, 0) is 6.54 Å². The lowest BCUT2D eigenvalue weighted by molar-refractivity contribution is 0.0552. The number of aromatic nitrogens is 2. The van der Waals surface area contributed by atoms with Crippen LogP contribution >= 0.6 is 0 Å². The Morgan fingerprint density at radius 2 is 2.06 bits per heavy atom. The molecule has 0 amide bonds. The van der Waals surface area contributed by atoms with Gasteiger partial charge in [-0.05, 0) is 39.9 Å². The lowest BCUT2D eigenvalue weighted by atomic mass is 9.76. The van der Waals surface area contributed by atoms with Crippen molar-refractivity contribution in [3.05, 3.63) is 18.0 Å². The molecule has 0 aliphatic heterocycles. The maximum Gasteiger partial charge on any atom is 0.200 e. The highest BCUT2D eigenvalue weighted by Crippen LogP contribution is 2.35. The molecule has 0 spiro atoms. The quantitative estimate of drug-likeness (QED) is 0.769. The van der Waals surface area contributed by atoms with Crippen molar-refractivity contribution in [3.8, 4) is 0 Å². The minimum absolute atomic E-state index is 0.242. The van der Waals surface area contributed by atoms with E-state index in [2.05, 4.69) is 10.00 Å². The molecule has 0 aromatic carbocycles. The Kier molecular flexibility index (Phi) is 3.85. The number of aryl methyl sites for hydroxylation is 1. The Balaban J connectivity index is 2.34. The van der Waals surface area contributed by atoms with Gasteiger partial charge in [-0.3, -0.25) is 14.4 Å². The minimum atomic E-state index is -0.314. The molecule has 0 unspecified atom stereocenters. The molecular weight excluding hydrogens is 226 g/mol.